The minimum atomic E-state index is -0.170. The fourth-order valence-corrected chi connectivity index (χ4v) is 5.79. The Bertz CT molecular complexity index is 887. The van der Waals surface area contributed by atoms with Crippen LogP contribution >= 0.6 is 0 Å². The third-order valence-corrected chi connectivity index (χ3v) is 7.33. The maximum absolute atomic E-state index is 13.6. The van der Waals surface area contributed by atoms with Gasteiger partial charge in [-0.05, 0) is 68.0 Å². The summed E-state index contributed by atoms with van der Waals surface area (Å²) in [5.41, 5.74) is 1.24. The second kappa shape index (κ2) is 9.07. The molecule has 2 aromatic carbocycles. The lowest BCUT2D eigenvalue weighted by Gasteiger charge is -2.45. The Morgan fingerprint density at radius 2 is 1.87 bits per heavy atom. The summed E-state index contributed by atoms with van der Waals surface area (Å²) < 4.78 is 30.8. The number of fused-ring (bicyclic) bond motifs is 3. The summed E-state index contributed by atoms with van der Waals surface area (Å²) in [4.78, 5) is 2.75. The number of hydrogen-bond acceptors (Lipinski definition) is 4. The number of rotatable bonds is 8. The molecule has 2 fully saturated rings. The highest BCUT2D eigenvalue weighted by Crippen LogP contribution is 2.47. The highest BCUT2D eigenvalue weighted by molar-refractivity contribution is 5.46. The molecule has 0 aromatic heterocycles. The molecule has 4 nitrogen and oxygen atoms in total. The lowest BCUT2D eigenvalue weighted by atomic mass is 9.76. The van der Waals surface area contributed by atoms with Crippen molar-refractivity contribution in [2.24, 2.45) is 5.92 Å². The molecule has 2 saturated heterocycles. The fraction of sp³-hybridized carbons (Fsp3) is 0.538. The Balaban J connectivity index is 1.36. The molecular weight excluding hydrogens is 393 g/mol. The van der Waals surface area contributed by atoms with Gasteiger partial charge in [-0.1, -0.05) is 31.9 Å². The average molecular weight is 426 g/mol. The topological polar surface area (TPSA) is 30.9 Å². The maximum atomic E-state index is 13.6. The average Bonchev–Trinajstić information content (AvgIpc) is 3.36. The highest BCUT2D eigenvalue weighted by atomic mass is 19.1. The summed E-state index contributed by atoms with van der Waals surface area (Å²) in [5.74, 6) is 2.95. The third kappa shape index (κ3) is 4.25. The number of hydrogen-bond donors (Lipinski definition) is 0. The van der Waals surface area contributed by atoms with Crippen molar-refractivity contribution in [1.82, 2.24) is 4.90 Å². The van der Waals surface area contributed by atoms with Crippen LogP contribution in [-0.2, 0) is 0 Å². The van der Waals surface area contributed by atoms with Crippen LogP contribution < -0.4 is 14.2 Å². The first-order valence-corrected chi connectivity index (χ1v) is 11.8. The van der Waals surface area contributed by atoms with Crippen molar-refractivity contribution in [1.29, 1.82) is 0 Å². The Kier molecular flexibility index (Phi) is 6.04. The van der Waals surface area contributed by atoms with Crippen LogP contribution in [0.25, 0.3) is 0 Å². The van der Waals surface area contributed by atoms with Crippen LogP contribution in [0, 0.1) is 11.7 Å². The van der Waals surface area contributed by atoms with Crippen molar-refractivity contribution in [3.8, 4) is 17.2 Å². The first-order valence-electron chi connectivity index (χ1n) is 11.8. The van der Waals surface area contributed by atoms with E-state index in [1.807, 2.05) is 30.3 Å². The summed E-state index contributed by atoms with van der Waals surface area (Å²) in [5, 5.41) is 0. The molecule has 2 bridgehead atoms. The van der Waals surface area contributed by atoms with E-state index < -0.39 is 0 Å². The number of nitrogens with zero attached hydrogens (tertiary/aromatic N) is 1. The molecule has 5 heteroatoms. The molecule has 2 aromatic rings. The standard InChI is InChI=1S/C26H32FNO3/c1-2-3-4-13-28-20-9-11-24(28)23(22(14-20)18-5-7-19(27)8-6-18)16-29-21-10-12-25-26(15-21)31-17-30-25/h5-8,10,12,15,20,22-24H,2-4,9,11,13-14,16-17H2,1H3. The minimum Gasteiger partial charge on any atom is -0.493 e. The molecule has 5 rings (SSSR count). The molecule has 0 aliphatic carbocycles. The van der Waals surface area contributed by atoms with Crippen LogP contribution in [0.15, 0.2) is 42.5 Å². The monoisotopic (exact) mass is 425 g/mol. The van der Waals surface area contributed by atoms with E-state index in [0.29, 0.717) is 30.5 Å². The summed E-state index contributed by atoms with van der Waals surface area (Å²) >= 11 is 0. The van der Waals surface area contributed by atoms with E-state index in [-0.39, 0.29) is 12.6 Å². The smallest absolute Gasteiger partial charge is 0.231 e. The molecule has 4 unspecified atom stereocenters. The van der Waals surface area contributed by atoms with Crippen LogP contribution in [-0.4, -0.2) is 36.9 Å². The van der Waals surface area contributed by atoms with Gasteiger partial charge in [-0.25, -0.2) is 4.39 Å². The van der Waals surface area contributed by atoms with Gasteiger partial charge in [0.1, 0.15) is 11.6 Å². The van der Waals surface area contributed by atoms with Crippen LogP contribution in [0.3, 0.4) is 0 Å². The Hall–Kier alpha value is -2.27. The second-order valence-corrected chi connectivity index (χ2v) is 9.13. The predicted molar refractivity (Wildman–Crippen MR) is 118 cm³/mol. The summed E-state index contributed by atoms with van der Waals surface area (Å²) in [6, 6.07) is 14.1. The number of benzene rings is 2. The van der Waals surface area contributed by atoms with Crippen molar-refractivity contribution in [2.75, 3.05) is 19.9 Å². The van der Waals surface area contributed by atoms with Gasteiger partial charge in [0.2, 0.25) is 6.79 Å². The summed E-state index contributed by atoms with van der Waals surface area (Å²) in [7, 11) is 0. The van der Waals surface area contributed by atoms with Gasteiger partial charge in [0.15, 0.2) is 11.5 Å². The van der Waals surface area contributed by atoms with E-state index in [1.54, 1.807) is 12.1 Å². The van der Waals surface area contributed by atoms with E-state index in [0.717, 1.165) is 23.7 Å². The van der Waals surface area contributed by atoms with E-state index in [4.69, 9.17) is 14.2 Å². The quantitative estimate of drug-likeness (QED) is 0.503. The van der Waals surface area contributed by atoms with Crippen molar-refractivity contribution in [3.05, 3.63) is 53.8 Å². The van der Waals surface area contributed by atoms with Gasteiger partial charge >= 0.3 is 0 Å². The first kappa shape index (κ1) is 20.6. The van der Waals surface area contributed by atoms with Gasteiger partial charge in [0, 0.05) is 24.1 Å². The minimum absolute atomic E-state index is 0.170. The lowest BCUT2D eigenvalue weighted by Crippen LogP contribution is -2.50. The van der Waals surface area contributed by atoms with E-state index in [9.17, 15) is 4.39 Å². The molecule has 3 aliphatic heterocycles. The van der Waals surface area contributed by atoms with Crippen LogP contribution in [0.1, 0.15) is 56.9 Å². The van der Waals surface area contributed by atoms with Crippen LogP contribution in [0.5, 0.6) is 17.2 Å². The van der Waals surface area contributed by atoms with Crippen molar-refractivity contribution in [3.63, 3.8) is 0 Å². The second-order valence-electron chi connectivity index (χ2n) is 9.13. The van der Waals surface area contributed by atoms with E-state index in [1.165, 1.54) is 44.2 Å². The van der Waals surface area contributed by atoms with Gasteiger partial charge in [-0.15, -0.1) is 0 Å². The molecule has 3 heterocycles. The van der Waals surface area contributed by atoms with Crippen molar-refractivity contribution < 1.29 is 18.6 Å². The third-order valence-electron chi connectivity index (χ3n) is 7.33. The van der Waals surface area contributed by atoms with Crippen molar-refractivity contribution in [2.45, 2.75) is 63.5 Å². The SMILES string of the molecule is CCCCCN1C2CCC1C(COc1ccc3c(c1)OCO3)C(c1ccc(F)cc1)C2. The zero-order chi connectivity index (χ0) is 21.2. The molecule has 0 saturated carbocycles. The lowest BCUT2D eigenvalue weighted by molar-refractivity contribution is 0.0456. The van der Waals surface area contributed by atoms with Crippen LogP contribution in [0.4, 0.5) is 4.39 Å². The highest BCUT2D eigenvalue weighted by Gasteiger charge is 2.47. The number of piperidine rings is 1. The molecule has 31 heavy (non-hydrogen) atoms. The molecule has 3 aliphatic rings. The molecule has 166 valence electrons. The normalized spacial score (nSPS) is 26.9. The molecule has 0 amide bonds. The number of halogens is 1. The summed E-state index contributed by atoms with van der Waals surface area (Å²) in [6.07, 6.45) is 7.41. The fourth-order valence-electron chi connectivity index (χ4n) is 5.79. The summed E-state index contributed by atoms with van der Waals surface area (Å²) in [6.45, 7) is 4.37. The zero-order valence-electron chi connectivity index (χ0n) is 18.3. The largest absolute Gasteiger partial charge is 0.493 e. The number of unbranched alkanes of at least 4 members (excludes halogenated alkanes) is 2. The van der Waals surface area contributed by atoms with Gasteiger partial charge in [0.05, 0.1) is 6.61 Å². The Morgan fingerprint density at radius 3 is 2.71 bits per heavy atom. The molecule has 0 spiro atoms. The number of ether oxygens (including phenoxy) is 3. The van der Waals surface area contributed by atoms with Crippen molar-refractivity contribution >= 4 is 0 Å². The van der Waals surface area contributed by atoms with Gasteiger partial charge in [-0.3, -0.25) is 4.90 Å². The molecular formula is C26H32FNO3. The van der Waals surface area contributed by atoms with Gasteiger partial charge in [0.25, 0.3) is 0 Å². The zero-order valence-corrected chi connectivity index (χ0v) is 18.3. The van der Waals surface area contributed by atoms with E-state index in [2.05, 4.69) is 11.8 Å². The molecule has 0 radical (unpaired) electrons. The Morgan fingerprint density at radius 1 is 1.03 bits per heavy atom. The molecule has 0 N–H and O–H groups in total. The van der Waals surface area contributed by atoms with Crippen LogP contribution in [0.2, 0.25) is 0 Å². The predicted octanol–water partition coefficient (Wildman–Crippen LogP) is 5.76. The van der Waals surface area contributed by atoms with E-state index >= 15 is 0 Å². The van der Waals surface area contributed by atoms with Gasteiger partial charge < -0.3 is 14.2 Å². The first-order chi connectivity index (χ1) is 15.2. The van der Waals surface area contributed by atoms with Gasteiger partial charge in [-0.2, -0.15) is 0 Å². The Labute approximate surface area is 184 Å². The molecule has 4 atom stereocenters. The maximum Gasteiger partial charge on any atom is 0.231 e.